The number of methoxy groups -OCH3 is 1. The molecular formula is C18H24N2O. The SMILES string of the molecule is CCCNC(c1ccccn1)c1cc(C)c(OC)cc1C. The second-order valence-corrected chi connectivity index (χ2v) is 5.32. The van der Waals surface area contributed by atoms with Gasteiger partial charge in [-0.05, 0) is 61.7 Å². The molecule has 0 aliphatic heterocycles. The molecule has 3 nitrogen and oxygen atoms in total. The Kier molecular flexibility index (Phi) is 5.34. The van der Waals surface area contributed by atoms with Crippen molar-refractivity contribution in [2.24, 2.45) is 0 Å². The lowest BCUT2D eigenvalue weighted by atomic mass is 9.95. The van der Waals surface area contributed by atoms with Gasteiger partial charge in [-0.3, -0.25) is 4.98 Å². The fraction of sp³-hybridized carbons (Fsp3) is 0.389. The first kappa shape index (κ1) is 15.5. The molecular weight excluding hydrogens is 260 g/mol. The number of rotatable bonds is 6. The second-order valence-electron chi connectivity index (χ2n) is 5.32. The highest BCUT2D eigenvalue weighted by atomic mass is 16.5. The average Bonchev–Trinajstić information content (AvgIpc) is 2.51. The minimum Gasteiger partial charge on any atom is -0.496 e. The van der Waals surface area contributed by atoms with Gasteiger partial charge < -0.3 is 10.1 Å². The smallest absolute Gasteiger partial charge is 0.122 e. The third-order valence-electron chi connectivity index (χ3n) is 3.68. The van der Waals surface area contributed by atoms with E-state index in [0.717, 1.165) is 30.0 Å². The Bertz CT molecular complexity index is 581. The van der Waals surface area contributed by atoms with Crippen molar-refractivity contribution in [2.45, 2.75) is 33.2 Å². The molecule has 3 heteroatoms. The Balaban J connectivity index is 2.44. The highest BCUT2D eigenvalue weighted by Crippen LogP contribution is 2.29. The lowest BCUT2D eigenvalue weighted by molar-refractivity contribution is 0.411. The molecule has 1 aromatic heterocycles. The molecule has 0 bridgehead atoms. The Morgan fingerprint density at radius 3 is 2.62 bits per heavy atom. The summed E-state index contributed by atoms with van der Waals surface area (Å²) in [5, 5.41) is 3.60. The van der Waals surface area contributed by atoms with E-state index >= 15 is 0 Å². The molecule has 1 heterocycles. The van der Waals surface area contributed by atoms with Crippen molar-refractivity contribution >= 4 is 0 Å². The molecule has 0 saturated carbocycles. The zero-order valence-corrected chi connectivity index (χ0v) is 13.3. The largest absolute Gasteiger partial charge is 0.496 e. The molecule has 1 atom stereocenters. The molecule has 0 saturated heterocycles. The standard InChI is InChI=1S/C18H24N2O/c1-5-9-20-18(16-8-6-7-10-19-16)15-11-14(3)17(21-4)12-13(15)2/h6-8,10-12,18,20H,5,9H2,1-4H3. The van der Waals surface area contributed by atoms with Crippen molar-refractivity contribution in [3.05, 3.63) is 58.9 Å². The molecule has 2 rings (SSSR count). The van der Waals surface area contributed by atoms with Crippen LogP contribution in [0.1, 0.15) is 41.8 Å². The maximum atomic E-state index is 5.41. The number of benzene rings is 1. The van der Waals surface area contributed by atoms with Crippen molar-refractivity contribution in [1.29, 1.82) is 0 Å². The number of nitrogens with one attached hydrogen (secondary N) is 1. The summed E-state index contributed by atoms with van der Waals surface area (Å²) in [5.41, 5.74) is 4.69. The van der Waals surface area contributed by atoms with E-state index in [9.17, 15) is 0 Å². The van der Waals surface area contributed by atoms with Crippen molar-refractivity contribution in [3.8, 4) is 5.75 Å². The summed E-state index contributed by atoms with van der Waals surface area (Å²) >= 11 is 0. The van der Waals surface area contributed by atoms with Crippen LogP contribution in [0.5, 0.6) is 5.75 Å². The van der Waals surface area contributed by atoms with Crippen molar-refractivity contribution in [3.63, 3.8) is 0 Å². The minimum absolute atomic E-state index is 0.121. The second kappa shape index (κ2) is 7.23. The molecule has 0 aliphatic rings. The fourth-order valence-electron chi connectivity index (χ4n) is 2.55. The molecule has 1 N–H and O–H groups in total. The Morgan fingerprint density at radius 2 is 2.00 bits per heavy atom. The number of pyridine rings is 1. The summed E-state index contributed by atoms with van der Waals surface area (Å²) in [7, 11) is 1.72. The van der Waals surface area contributed by atoms with Gasteiger partial charge in [0, 0.05) is 6.20 Å². The minimum atomic E-state index is 0.121. The van der Waals surface area contributed by atoms with Crippen LogP contribution in [0.4, 0.5) is 0 Å². The normalized spacial score (nSPS) is 12.2. The van der Waals surface area contributed by atoms with E-state index in [2.05, 4.69) is 49.3 Å². The molecule has 0 spiro atoms. The van der Waals surface area contributed by atoms with E-state index in [1.807, 2.05) is 18.3 Å². The molecule has 0 fully saturated rings. The molecule has 112 valence electrons. The Hall–Kier alpha value is -1.87. The van der Waals surface area contributed by atoms with Gasteiger partial charge in [-0.2, -0.15) is 0 Å². The zero-order valence-electron chi connectivity index (χ0n) is 13.3. The molecule has 1 unspecified atom stereocenters. The molecule has 0 amide bonds. The highest BCUT2D eigenvalue weighted by molar-refractivity contribution is 5.44. The Morgan fingerprint density at radius 1 is 1.19 bits per heavy atom. The quantitative estimate of drug-likeness (QED) is 0.876. The van der Waals surface area contributed by atoms with E-state index in [4.69, 9.17) is 4.74 Å². The van der Waals surface area contributed by atoms with Crippen molar-refractivity contribution in [1.82, 2.24) is 10.3 Å². The number of ether oxygens (including phenoxy) is 1. The maximum Gasteiger partial charge on any atom is 0.122 e. The van der Waals surface area contributed by atoms with E-state index < -0.39 is 0 Å². The van der Waals surface area contributed by atoms with Crippen molar-refractivity contribution in [2.75, 3.05) is 13.7 Å². The van der Waals surface area contributed by atoms with Gasteiger partial charge in [-0.25, -0.2) is 0 Å². The summed E-state index contributed by atoms with van der Waals surface area (Å²) in [5.74, 6) is 0.937. The first-order chi connectivity index (χ1) is 10.2. The fourth-order valence-corrected chi connectivity index (χ4v) is 2.55. The first-order valence-electron chi connectivity index (χ1n) is 7.46. The third kappa shape index (κ3) is 3.61. The molecule has 0 aliphatic carbocycles. The van der Waals surface area contributed by atoms with Crippen LogP contribution in [0.15, 0.2) is 36.5 Å². The van der Waals surface area contributed by atoms with Crippen LogP contribution < -0.4 is 10.1 Å². The van der Waals surface area contributed by atoms with Crippen LogP contribution in [0, 0.1) is 13.8 Å². The van der Waals surface area contributed by atoms with Crippen LogP contribution in [-0.2, 0) is 0 Å². The monoisotopic (exact) mass is 284 g/mol. The summed E-state index contributed by atoms with van der Waals surface area (Å²) in [6.07, 6.45) is 2.94. The predicted molar refractivity (Wildman–Crippen MR) is 86.8 cm³/mol. The average molecular weight is 284 g/mol. The van der Waals surface area contributed by atoms with Crippen LogP contribution in [0.2, 0.25) is 0 Å². The van der Waals surface area contributed by atoms with Gasteiger partial charge in [0.2, 0.25) is 0 Å². The van der Waals surface area contributed by atoms with Gasteiger partial charge >= 0.3 is 0 Å². The van der Waals surface area contributed by atoms with Crippen LogP contribution >= 0.6 is 0 Å². The van der Waals surface area contributed by atoms with E-state index in [0.29, 0.717) is 0 Å². The van der Waals surface area contributed by atoms with Gasteiger partial charge in [0.15, 0.2) is 0 Å². The summed E-state index contributed by atoms with van der Waals surface area (Å²) < 4.78 is 5.41. The van der Waals surface area contributed by atoms with Gasteiger partial charge in [-0.15, -0.1) is 0 Å². The lowest BCUT2D eigenvalue weighted by Crippen LogP contribution is -2.25. The van der Waals surface area contributed by atoms with Gasteiger partial charge in [0.05, 0.1) is 18.8 Å². The summed E-state index contributed by atoms with van der Waals surface area (Å²) in [4.78, 5) is 4.53. The maximum absolute atomic E-state index is 5.41. The van der Waals surface area contributed by atoms with Crippen LogP contribution in [0.3, 0.4) is 0 Å². The van der Waals surface area contributed by atoms with Crippen LogP contribution in [-0.4, -0.2) is 18.6 Å². The highest BCUT2D eigenvalue weighted by Gasteiger charge is 2.18. The number of hydrogen-bond donors (Lipinski definition) is 1. The molecule has 1 aromatic carbocycles. The van der Waals surface area contributed by atoms with E-state index in [1.54, 1.807) is 7.11 Å². The summed E-state index contributed by atoms with van der Waals surface area (Å²) in [6, 6.07) is 10.5. The topological polar surface area (TPSA) is 34.2 Å². The van der Waals surface area contributed by atoms with Gasteiger partial charge in [-0.1, -0.05) is 19.1 Å². The third-order valence-corrected chi connectivity index (χ3v) is 3.68. The van der Waals surface area contributed by atoms with Gasteiger partial charge in [0.1, 0.15) is 5.75 Å². The molecule has 21 heavy (non-hydrogen) atoms. The predicted octanol–water partition coefficient (Wildman–Crippen LogP) is 3.80. The van der Waals surface area contributed by atoms with Gasteiger partial charge in [0.25, 0.3) is 0 Å². The summed E-state index contributed by atoms with van der Waals surface area (Å²) in [6.45, 7) is 7.35. The number of aryl methyl sites for hydroxylation is 2. The van der Waals surface area contributed by atoms with Crippen molar-refractivity contribution < 1.29 is 4.74 Å². The molecule has 2 aromatic rings. The zero-order chi connectivity index (χ0) is 15.2. The first-order valence-corrected chi connectivity index (χ1v) is 7.46. The number of hydrogen-bond acceptors (Lipinski definition) is 3. The van der Waals surface area contributed by atoms with E-state index in [1.165, 1.54) is 11.1 Å². The van der Waals surface area contributed by atoms with E-state index in [-0.39, 0.29) is 6.04 Å². The number of nitrogens with zero attached hydrogens (tertiary/aromatic N) is 1. The lowest BCUT2D eigenvalue weighted by Gasteiger charge is -2.22. The molecule has 0 radical (unpaired) electrons. The number of aromatic nitrogens is 1. The van der Waals surface area contributed by atoms with Crippen LogP contribution in [0.25, 0.3) is 0 Å². The Labute approximate surface area is 127 Å².